The van der Waals surface area contributed by atoms with Crippen LogP contribution in [0.25, 0.3) is 22.8 Å². The molecule has 1 aliphatic carbocycles. The molecule has 0 bridgehead atoms. The molecule has 0 unspecified atom stereocenters. The Labute approximate surface area is 145 Å². The zero-order chi connectivity index (χ0) is 16.3. The molecule has 0 fully saturated rings. The summed E-state index contributed by atoms with van der Waals surface area (Å²) in [5.41, 5.74) is 7.72. The lowest BCUT2D eigenvalue weighted by atomic mass is 9.85. The number of nitrogens with zero attached hydrogens (tertiary/aromatic N) is 4. The van der Waals surface area contributed by atoms with Crippen LogP contribution in [-0.4, -0.2) is 33.0 Å². The summed E-state index contributed by atoms with van der Waals surface area (Å²) in [6, 6.07) is 4.15. The van der Waals surface area contributed by atoms with Crippen molar-refractivity contribution >= 4 is 34.4 Å². The van der Waals surface area contributed by atoms with Crippen LogP contribution in [0.1, 0.15) is 22.4 Å². The molecular formula is C19H17ClN4. The van der Waals surface area contributed by atoms with Gasteiger partial charge in [0.15, 0.2) is 0 Å². The molecule has 0 spiro atoms. The Morgan fingerprint density at radius 1 is 1.29 bits per heavy atom. The fraction of sp³-hybridized carbons (Fsp3) is 0.263. The summed E-state index contributed by atoms with van der Waals surface area (Å²) in [5, 5.41) is 1.87. The molecule has 4 heterocycles. The van der Waals surface area contributed by atoms with Gasteiger partial charge in [0.05, 0.1) is 5.02 Å². The zero-order valence-corrected chi connectivity index (χ0v) is 14.2. The molecule has 1 aliphatic heterocycles. The smallest absolute Gasteiger partial charge is 0.144 e. The summed E-state index contributed by atoms with van der Waals surface area (Å²) in [6.45, 7) is 2.02. The number of likely N-dealkylation sites (N-methyl/N-ethyl adjacent to an activating group) is 1. The first-order valence-corrected chi connectivity index (χ1v) is 8.58. The fourth-order valence-electron chi connectivity index (χ4n) is 3.85. The van der Waals surface area contributed by atoms with Crippen LogP contribution in [0, 0.1) is 0 Å². The summed E-state index contributed by atoms with van der Waals surface area (Å²) in [7, 11) is 2.16. The molecule has 0 aromatic carbocycles. The van der Waals surface area contributed by atoms with Gasteiger partial charge in [-0.1, -0.05) is 11.6 Å². The van der Waals surface area contributed by atoms with Gasteiger partial charge in [0.25, 0.3) is 0 Å². The van der Waals surface area contributed by atoms with Crippen LogP contribution in [0.15, 0.2) is 30.7 Å². The maximum absolute atomic E-state index is 6.21. The second kappa shape index (κ2) is 5.16. The first-order valence-electron chi connectivity index (χ1n) is 8.20. The first kappa shape index (κ1) is 14.2. The van der Waals surface area contributed by atoms with Gasteiger partial charge in [-0.2, -0.15) is 0 Å². The quantitative estimate of drug-likeness (QED) is 0.680. The van der Waals surface area contributed by atoms with E-state index in [1.165, 1.54) is 33.3 Å². The second-order valence-electron chi connectivity index (χ2n) is 6.67. The van der Waals surface area contributed by atoms with E-state index in [0.717, 1.165) is 31.6 Å². The number of halogens is 1. The van der Waals surface area contributed by atoms with Gasteiger partial charge in [-0.25, -0.2) is 4.98 Å². The van der Waals surface area contributed by atoms with E-state index >= 15 is 0 Å². The third-order valence-corrected chi connectivity index (χ3v) is 5.31. The van der Waals surface area contributed by atoms with Crippen LogP contribution < -0.4 is 0 Å². The van der Waals surface area contributed by atoms with Crippen molar-refractivity contribution in [3.8, 4) is 0 Å². The molecule has 4 nitrogen and oxygen atoms in total. The lowest BCUT2D eigenvalue weighted by Crippen LogP contribution is -2.27. The molecule has 24 heavy (non-hydrogen) atoms. The largest absolute Gasteiger partial charge is 0.304 e. The van der Waals surface area contributed by atoms with Crippen molar-refractivity contribution in [2.24, 2.45) is 0 Å². The van der Waals surface area contributed by atoms with Crippen molar-refractivity contribution in [3.63, 3.8) is 0 Å². The van der Waals surface area contributed by atoms with E-state index in [0.29, 0.717) is 5.02 Å². The maximum atomic E-state index is 6.21. The van der Waals surface area contributed by atoms with Crippen LogP contribution in [0.4, 0.5) is 0 Å². The van der Waals surface area contributed by atoms with Gasteiger partial charge >= 0.3 is 0 Å². The minimum Gasteiger partial charge on any atom is -0.304 e. The van der Waals surface area contributed by atoms with E-state index in [1.54, 1.807) is 6.20 Å². The van der Waals surface area contributed by atoms with Crippen molar-refractivity contribution in [2.45, 2.75) is 19.4 Å². The van der Waals surface area contributed by atoms with Gasteiger partial charge in [-0.3, -0.25) is 4.98 Å². The summed E-state index contributed by atoms with van der Waals surface area (Å²) in [6.07, 6.45) is 9.84. The summed E-state index contributed by atoms with van der Waals surface area (Å²) >= 11 is 6.21. The minimum absolute atomic E-state index is 0.698. The Balaban J connectivity index is 1.72. The molecule has 0 saturated carbocycles. The predicted octanol–water partition coefficient (Wildman–Crippen LogP) is 3.63. The van der Waals surface area contributed by atoms with E-state index in [2.05, 4.69) is 44.8 Å². The Kier molecular flexibility index (Phi) is 3.05. The highest BCUT2D eigenvalue weighted by Crippen LogP contribution is 2.37. The highest BCUT2D eigenvalue weighted by atomic mass is 35.5. The lowest BCUT2D eigenvalue weighted by molar-refractivity contribution is 0.312. The van der Waals surface area contributed by atoms with Gasteiger partial charge in [-0.15, -0.1) is 0 Å². The molecule has 0 radical (unpaired) electrons. The monoisotopic (exact) mass is 336 g/mol. The standard InChI is InChI=1S/C19H17ClN4/c1-23-5-3-18-17(11-23)16-7-14(20)9-22-19(16)24(18)10-13-6-12-8-21-4-2-15(12)13/h2,4,7-10H,3,5-6,11H2,1H3. The zero-order valence-electron chi connectivity index (χ0n) is 13.5. The third kappa shape index (κ3) is 2.03. The number of pyridine rings is 2. The number of hydrogen-bond donors (Lipinski definition) is 0. The van der Waals surface area contributed by atoms with E-state index in [4.69, 9.17) is 11.6 Å². The van der Waals surface area contributed by atoms with Gasteiger partial charge in [-0.05, 0) is 41.4 Å². The third-order valence-electron chi connectivity index (χ3n) is 5.10. The Hall–Kier alpha value is -2.17. The molecule has 0 atom stereocenters. The van der Waals surface area contributed by atoms with Gasteiger partial charge in [0.2, 0.25) is 0 Å². The molecule has 5 rings (SSSR count). The van der Waals surface area contributed by atoms with Crippen LogP contribution >= 0.6 is 11.6 Å². The van der Waals surface area contributed by atoms with Crippen LogP contribution in [0.5, 0.6) is 0 Å². The van der Waals surface area contributed by atoms with Crippen molar-refractivity contribution in [1.29, 1.82) is 0 Å². The molecule has 0 N–H and O–H groups in total. The van der Waals surface area contributed by atoms with Crippen LogP contribution in [0.2, 0.25) is 5.02 Å². The van der Waals surface area contributed by atoms with Crippen molar-refractivity contribution in [1.82, 2.24) is 19.4 Å². The molecule has 5 heteroatoms. The second-order valence-corrected chi connectivity index (χ2v) is 7.11. The molecule has 3 aromatic heterocycles. The average Bonchev–Trinajstić information content (AvgIpc) is 2.85. The number of allylic oxidation sites excluding steroid dienone is 1. The molecule has 0 amide bonds. The van der Waals surface area contributed by atoms with E-state index in [9.17, 15) is 0 Å². The SMILES string of the molecule is CN1CCc2c(c3cc(Cl)cnc3n2C=C2Cc3cnccc32)C1. The highest BCUT2D eigenvalue weighted by molar-refractivity contribution is 6.31. The number of rotatable bonds is 1. The van der Waals surface area contributed by atoms with E-state index in [1.807, 2.05) is 12.4 Å². The molecule has 2 aliphatic rings. The fourth-order valence-corrected chi connectivity index (χ4v) is 4.01. The van der Waals surface area contributed by atoms with E-state index in [-0.39, 0.29) is 0 Å². The van der Waals surface area contributed by atoms with Gasteiger partial charge in [0.1, 0.15) is 5.65 Å². The van der Waals surface area contributed by atoms with Gasteiger partial charge < -0.3 is 9.47 Å². The number of hydrogen-bond acceptors (Lipinski definition) is 3. The van der Waals surface area contributed by atoms with Crippen molar-refractivity contribution in [2.75, 3.05) is 13.6 Å². The summed E-state index contributed by atoms with van der Waals surface area (Å²) in [4.78, 5) is 11.2. The van der Waals surface area contributed by atoms with Crippen LogP contribution in [-0.2, 0) is 19.4 Å². The minimum atomic E-state index is 0.698. The van der Waals surface area contributed by atoms with Crippen molar-refractivity contribution in [3.05, 3.63) is 58.1 Å². The van der Waals surface area contributed by atoms with Gasteiger partial charge in [0, 0.05) is 61.8 Å². The summed E-state index contributed by atoms with van der Waals surface area (Å²) < 4.78 is 2.28. The van der Waals surface area contributed by atoms with Crippen molar-refractivity contribution < 1.29 is 0 Å². The van der Waals surface area contributed by atoms with Crippen LogP contribution in [0.3, 0.4) is 0 Å². The normalized spacial score (nSPS) is 18.5. The lowest BCUT2D eigenvalue weighted by Gasteiger charge is -2.25. The molecular weight excluding hydrogens is 320 g/mol. The number of aromatic nitrogens is 3. The molecule has 3 aromatic rings. The highest BCUT2D eigenvalue weighted by Gasteiger charge is 2.25. The topological polar surface area (TPSA) is 34.0 Å². The average molecular weight is 337 g/mol. The molecule has 0 saturated heterocycles. The Morgan fingerprint density at radius 2 is 2.21 bits per heavy atom. The van der Waals surface area contributed by atoms with E-state index < -0.39 is 0 Å². The maximum Gasteiger partial charge on any atom is 0.144 e. The number of fused-ring (bicyclic) bond motifs is 4. The first-order chi connectivity index (χ1) is 11.7. The Bertz CT molecular complexity index is 1000. The molecule has 120 valence electrons. The summed E-state index contributed by atoms with van der Waals surface area (Å²) in [5.74, 6) is 0. The Morgan fingerprint density at radius 3 is 3.08 bits per heavy atom. The predicted molar refractivity (Wildman–Crippen MR) is 96.9 cm³/mol.